The highest BCUT2D eigenvalue weighted by molar-refractivity contribution is 7.09. The number of ether oxygens (including phenoxy) is 1. The monoisotopic (exact) mass is 491 g/mol. The van der Waals surface area contributed by atoms with Crippen molar-refractivity contribution >= 4 is 23.2 Å². The third-order valence-corrected chi connectivity index (χ3v) is 7.12. The van der Waals surface area contributed by atoms with Gasteiger partial charge in [0.2, 0.25) is 0 Å². The number of para-hydroxylation sites is 1. The van der Waals surface area contributed by atoms with Gasteiger partial charge in [0, 0.05) is 23.0 Å². The van der Waals surface area contributed by atoms with E-state index in [1.165, 1.54) is 16.9 Å². The molecule has 0 bridgehead atoms. The molecule has 1 heterocycles. The summed E-state index contributed by atoms with van der Waals surface area (Å²) >= 11 is 1.40. The summed E-state index contributed by atoms with van der Waals surface area (Å²) in [5, 5.41) is 8.76. The molecule has 6 nitrogen and oxygen atoms in total. The van der Waals surface area contributed by atoms with Gasteiger partial charge in [0.15, 0.2) is 0 Å². The molecule has 2 aromatic carbocycles. The lowest BCUT2D eigenvalue weighted by Gasteiger charge is -2.32. The molecule has 35 heavy (non-hydrogen) atoms. The van der Waals surface area contributed by atoms with E-state index < -0.39 is 0 Å². The topological polar surface area (TPSA) is 80.3 Å². The van der Waals surface area contributed by atoms with E-state index in [9.17, 15) is 9.59 Å². The number of thiazole rings is 1. The van der Waals surface area contributed by atoms with Crippen molar-refractivity contribution in [2.45, 2.75) is 70.6 Å². The molecule has 1 aliphatic rings. The summed E-state index contributed by atoms with van der Waals surface area (Å²) in [5.74, 6) is 0.445. The molecule has 0 unspecified atom stereocenters. The van der Waals surface area contributed by atoms with Crippen LogP contribution in [0.3, 0.4) is 0 Å². The van der Waals surface area contributed by atoms with Crippen LogP contribution in [-0.4, -0.2) is 28.9 Å². The van der Waals surface area contributed by atoms with E-state index in [1.807, 2.05) is 54.6 Å². The average Bonchev–Trinajstić information content (AvgIpc) is 3.33. The van der Waals surface area contributed by atoms with Crippen LogP contribution in [0.5, 0.6) is 5.75 Å². The molecule has 4 rings (SSSR count). The maximum absolute atomic E-state index is 12.9. The molecule has 0 saturated heterocycles. The quantitative estimate of drug-likeness (QED) is 0.458. The van der Waals surface area contributed by atoms with Crippen molar-refractivity contribution in [1.82, 2.24) is 15.6 Å². The number of carbonyl (C=O) groups is 2. The highest BCUT2D eigenvalue weighted by atomic mass is 32.1. The van der Waals surface area contributed by atoms with E-state index in [4.69, 9.17) is 4.74 Å². The lowest BCUT2D eigenvalue weighted by Crippen LogP contribution is -2.53. The first-order valence-electron chi connectivity index (χ1n) is 12.1. The van der Waals surface area contributed by atoms with Crippen LogP contribution in [0.4, 0.5) is 0 Å². The molecule has 1 aliphatic carbocycles. The van der Waals surface area contributed by atoms with Crippen molar-refractivity contribution in [2.24, 2.45) is 0 Å². The molecule has 0 radical (unpaired) electrons. The first-order valence-corrected chi connectivity index (χ1v) is 13.0. The molecule has 0 aliphatic heterocycles. The molecule has 7 heteroatoms. The minimum atomic E-state index is -0.215. The van der Waals surface area contributed by atoms with Gasteiger partial charge in [-0.05, 0) is 48.1 Å². The van der Waals surface area contributed by atoms with Gasteiger partial charge < -0.3 is 15.4 Å². The molecule has 1 aromatic heterocycles. The van der Waals surface area contributed by atoms with E-state index in [0.717, 1.165) is 36.4 Å². The summed E-state index contributed by atoms with van der Waals surface area (Å²) in [6, 6.07) is 17.1. The molecular weight excluding hydrogens is 458 g/mol. The zero-order chi connectivity index (χ0) is 24.8. The number of hydrogen-bond acceptors (Lipinski definition) is 5. The number of amides is 2. The summed E-state index contributed by atoms with van der Waals surface area (Å²) in [6.07, 6.45) is 3.71. The van der Waals surface area contributed by atoms with E-state index in [0.29, 0.717) is 17.9 Å². The Hall–Kier alpha value is -3.19. The van der Waals surface area contributed by atoms with Crippen LogP contribution >= 0.6 is 11.3 Å². The van der Waals surface area contributed by atoms with Crippen molar-refractivity contribution < 1.29 is 14.3 Å². The van der Waals surface area contributed by atoms with Crippen molar-refractivity contribution in [3.8, 4) is 5.75 Å². The Morgan fingerprint density at radius 2 is 1.57 bits per heavy atom. The average molecular weight is 492 g/mol. The third-order valence-electron chi connectivity index (χ3n) is 6.30. The van der Waals surface area contributed by atoms with Gasteiger partial charge in [0.05, 0.1) is 0 Å². The van der Waals surface area contributed by atoms with Crippen molar-refractivity contribution in [3.05, 3.63) is 81.8 Å². The van der Waals surface area contributed by atoms with Gasteiger partial charge in [0.25, 0.3) is 11.8 Å². The zero-order valence-corrected chi connectivity index (χ0v) is 21.4. The zero-order valence-electron chi connectivity index (χ0n) is 20.5. The van der Waals surface area contributed by atoms with Gasteiger partial charge in [-0.1, -0.05) is 63.9 Å². The summed E-state index contributed by atoms with van der Waals surface area (Å²) in [7, 11) is 0. The molecule has 3 aromatic rings. The molecule has 0 spiro atoms. The summed E-state index contributed by atoms with van der Waals surface area (Å²) in [6.45, 7) is 6.77. The fourth-order valence-electron chi connectivity index (χ4n) is 4.24. The number of hydrogen-bond donors (Lipinski definition) is 2. The van der Waals surface area contributed by atoms with Crippen LogP contribution in [0.15, 0.2) is 60.0 Å². The second-order valence-corrected chi connectivity index (χ2v) is 10.9. The number of nitrogens with zero attached hydrogens (tertiary/aromatic N) is 1. The Morgan fingerprint density at radius 3 is 2.20 bits per heavy atom. The maximum Gasteiger partial charge on any atom is 0.271 e. The number of benzene rings is 2. The number of nitrogens with one attached hydrogen (secondary N) is 2. The molecule has 2 N–H and O–H groups in total. The van der Waals surface area contributed by atoms with E-state index in [-0.39, 0.29) is 29.3 Å². The lowest BCUT2D eigenvalue weighted by molar-refractivity contribution is 0.0860. The lowest BCUT2D eigenvalue weighted by atomic mass is 9.86. The molecule has 1 fully saturated rings. The Morgan fingerprint density at radius 1 is 0.943 bits per heavy atom. The first kappa shape index (κ1) is 24.9. The Labute approximate surface area is 211 Å². The standard InChI is InChI=1S/C28H33N3O3S/c1-28(2,3)20-15-13-19(14-16-20)26(32)30-22-11-7-8-12-23(22)31-27(33)24-18-35-25(29-24)17-34-21-9-5-4-6-10-21/h4-6,9-10,13-16,18,22-23H,7-8,11-12,17H2,1-3H3,(H,30,32)(H,31,33)/t22-,23+/m0/s1. The van der Waals surface area contributed by atoms with Crippen LogP contribution in [0, 0.1) is 0 Å². The predicted octanol–water partition coefficient (Wildman–Crippen LogP) is 5.49. The van der Waals surface area contributed by atoms with Crippen LogP contribution < -0.4 is 15.4 Å². The second-order valence-electron chi connectivity index (χ2n) is 10.00. The SMILES string of the molecule is CC(C)(C)c1ccc(C(=O)N[C@H]2CCCC[C@H]2NC(=O)c2csc(COc3ccccc3)n2)cc1. The molecular formula is C28H33N3O3S. The Kier molecular flexibility index (Phi) is 7.86. The highest BCUT2D eigenvalue weighted by Crippen LogP contribution is 2.23. The minimum Gasteiger partial charge on any atom is -0.486 e. The first-order chi connectivity index (χ1) is 16.8. The molecule has 184 valence electrons. The fraction of sp³-hybridized carbons (Fsp3) is 0.393. The Balaban J connectivity index is 1.34. The van der Waals surface area contributed by atoms with Crippen LogP contribution in [0.2, 0.25) is 0 Å². The largest absolute Gasteiger partial charge is 0.486 e. The summed E-state index contributed by atoms with van der Waals surface area (Å²) < 4.78 is 5.73. The van der Waals surface area contributed by atoms with Crippen molar-refractivity contribution in [2.75, 3.05) is 0 Å². The van der Waals surface area contributed by atoms with Crippen LogP contribution in [0.25, 0.3) is 0 Å². The number of aromatic nitrogens is 1. The molecule has 2 atom stereocenters. The van der Waals surface area contributed by atoms with Crippen molar-refractivity contribution in [3.63, 3.8) is 0 Å². The number of carbonyl (C=O) groups excluding carboxylic acids is 2. The smallest absolute Gasteiger partial charge is 0.271 e. The second kappa shape index (κ2) is 11.0. The van der Waals surface area contributed by atoms with Gasteiger partial charge in [-0.2, -0.15) is 0 Å². The Bertz CT molecular complexity index is 1140. The van der Waals surface area contributed by atoms with Gasteiger partial charge in [-0.25, -0.2) is 4.98 Å². The summed E-state index contributed by atoms with van der Waals surface area (Å²) in [4.78, 5) is 30.3. The van der Waals surface area contributed by atoms with Gasteiger partial charge in [0.1, 0.15) is 23.1 Å². The predicted molar refractivity (Wildman–Crippen MR) is 139 cm³/mol. The number of rotatable bonds is 7. The van der Waals surface area contributed by atoms with Crippen LogP contribution in [0.1, 0.15) is 77.9 Å². The van der Waals surface area contributed by atoms with E-state index >= 15 is 0 Å². The van der Waals surface area contributed by atoms with Crippen molar-refractivity contribution in [1.29, 1.82) is 0 Å². The third kappa shape index (κ3) is 6.69. The summed E-state index contributed by atoms with van der Waals surface area (Å²) in [5.41, 5.74) is 2.25. The van der Waals surface area contributed by atoms with Gasteiger partial charge in [-0.15, -0.1) is 11.3 Å². The fourth-order valence-corrected chi connectivity index (χ4v) is 4.92. The van der Waals surface area contributed by atoms with E-state index in [2.05, 4.69) is 36.4 Å². The maximum atomic E-state index is 12.9. The minimum absolute atomic E-state index is 0.0387. The molecule has 1 saturated carbocycles. The van der Waals surface area contributed by atoms with Gasteiger partial charge in [-0.3, -0.25) is 9.59 Å². The molecule has 2 amide bonds. The van der Waals surface area contributed by atoms with Gasteiger partial charge >= 0.3 is 0 Å². The highest BCUT2D eigenvalue weighted by Gasteiger charge is 2.29. The van der Waals surface area contributed by atoms with Crippen LogP contribution in [-0.2, 0) is 12.0 Å². The van der Waals surface area contributed by atoms with E-state index in [1.54, 1.807) is 5.38 Å². The normalized spacial score (nSPS) is 18.0.